The Kier molecular flexibility index (Phi) is 6.36. The van der Waals surface area contributed by atoms with E-state index in [2.05, 4.69) is 22.2 Å². The number of ether oxygens (including phenoxy) is 1. The first kappa shape index (κ1) is 20.4. The molecule has 1 aromatic carbocycles. The van der Waals surface area contributed by atoms with E-state index >= 15 is 0 Å². The third kappa shape index (κ3) is 4.54. The van der Waals surface area contributed by atoms with Crippen molar-refractivity contribution in [2.75, 3.05) is 18.5 Å². The molecule has 1 unspecified atom stereocenters. The Balaban J connectivity index is 1.74. The van der Waals surface area contributed by atoms with Crippen LogP contribution in [-0.4, -0.2) is 45.8 Å². The fourth-order valence-corrected chi connectivity index (χ4v) is 3.56. The summed E-state index contributed by atoms with van der Waals surface area (Å²) in [5, 5.41) is 7.57. The van der Waals surface area contributed by atoms with E-state index in [1.807, 2.05) is 24.3 Å². The molecule has 28 heavy (non-hydrogen) atoms. The molecule has 8 heteroatoms. The summed E-state index contributed by atoms with van der Waals surface area (Å²) in [5.41, 5.74) is 1.24. The van der Waals surface area contributed by atoms with E-state index in [9.17, 15) is 9.59 Å². The van der Waals surface area contributed by atoms with E-state index in [1.54, 1.807) is 14.0 Å². The van der Waals surface area contributed by atoms with Crippen LogP contribution in [-0.2, 0) is 16.6 Å². The van der Waals surface area contributed by atoms with Gasteiger partial charge in [0.15, 0.2) is 0 Å². The topological polar surface area (TPSA) is 76.5 Å². The Bertz CT molecular complexity index is 863. The highest BCUT2D eigenvalue weighted by molar-refractivity contribution is 6.31. The third-order valence-corrected chi connectivity index (χ3v) is 5.23. The van der Waals surface area contributed by atoms with Crippen molar-refractivity contribution < 1.29 is 14.3 Å². The van der Waals surface area contributed by atoms with Crippen LogP contribution in [0.4, 0.5) is 5.82 Å². The van der Waals surface area contributed by atoms with Gasteiger partial charge in [0.25, 0.3) is 0 Å². The molecule has 1 aromatic heterocycles. The van der Waals surface area contributed by atoms with Crippen molar-refractivity contribution in [2.45, 2.75) is 38.8 Å². The summed E-state index contributed by atoms with van der Waals surface area (Å²) >= 11 is 6.36. The van der Waals surface area contributed by atoms with E-state index in [-0.39, 0.29) is 30.7 Å². The van der Waals surface area contributed by atoms with Crippen LogP contribution >= 0.6 is 11.6 Å². The van der Waals surface area contributed by atoms with Gasteiger partial charge in [-0.15, -0.1) is 0 Å². The first-order valence-electron chi connectivity index (χ1n) is 9.41. The quantitative estimate of drug-likeness (QED) is 0.682. The first-order valence-corrected chi connectivity index (χ1v) is 9.79. The average molecular weight is 405 g/mol. The zero-order valence-corrected chi connectivity index (χ0v) is 17.1. The molecule has 1 atom stereocenters. The Morgan fingerprint density at radius 2 is 2.11 bits per heavy atom. The van der Waals surface area contributed by atoms with Crippen LogP contribution in [0.2, 0.25) is 5.02 Å². The Hall–Kier alpha value is -2.38. The monoisotopic (exact) mass is 404 g/mol. The summed E-state index contributed by atoms with van der Waals surface area (Å²) < 4.78 is 6.49. The fourth-order valence-electron chi connectivity index (χ4n) is 3.26. The summed E-state index contributed by atoms with van der Waals surface area (Å²) in [4.78, 5) is 27.0. The molecule has 0 bridgehead atoms. The van der Waals surface area contributed by atoms with Crippen LogP contribution in [0.3, 0.4) is 0 Å². The number of nitrogens with one attached hydrogen (secondary N) is 1. The SMILES string of the molecule is CCOC(=O)c1cnn(C)c1NC(=O)CN(C1CC1)C(C)c1ccccc1Cl. The van der Waals surface area contributed by atoms with Crippen LogP contribution in [0.1, 0.15) is 48.7 Å². The molecule has 1 saturated carbocycles. The molecule has 0 spiro atoms. The smallest absolute Gasteiger partial charge is 0.343 e. The van der Waals surface area contributed by atoms with Crippen LogP contribution < -0.4 is 5.32 Å². The Morgan fingerprint density at radius 3 is 2.75 bits per heavy atom. The maximum Gasteiger partial charge on any atom is 0.343 e. The molecule has 1 fully saturated rings. The van der Waals surface area contributed by atoms with Gasteiger partial charge in [0.05, 0.1) is 19.3 Å². The lowest BCUT2D eigenvalue weighted by Crippen LogP contribution is -2.37. The van der Waals surface area contributed by atoms with Gasteiger partial charge in [0.2, 0.25) is 5.91 Å². The number of amides is 1. The van der Waals surface area contributed by atoms with Crippen LogP contribution in [0.15, 0.2) is 30.5 Å². The molecular weight excluding hydrogens is 380 g/mol. The number of aryl methyl sites for hydroxylation is 1. The Morgan fingerprint density at radius 1 is 1.39 bits per heavy atom. The highest BCUT2D eigenvalue weighted by atomic mass is 35.5. The van der Waals surface area contributed by atoms with Crippen molar-refractivity contribution in [3.05, 3.63) is 46.6 Å². The molecule has 1 amide bonds. The van der Waals surface area contributed by atoms with Crippen molar-refractivity contribution >= 4 is 29.3 Å². The number of esters is 1. The fraction of sp³-hybridized carbons (Fsp3) is 0.450. The summed E-state index contributed by atoms with van der Waals surface area (Å²) in [7, 11) is 1.67. The highest BCUT2D eigenvalue weighted by Crippen LogP contribution is 2.36. The second-order valence-electron chi connectivity index (χ2n) is 6.90. The number of nitrogens with zero attached hydrogens (tertiary/aromatic N) is 3. The normalized spacial score (nSPS) is 14.8. The summed E-state index contributed by atoms with van der Waals surface area (Å²) in [6, 6.07) is 8.05. The second kappa shape index (κ2) is 8.75. The van der Waals surface area contributed by atoms with Crippen molar-refractivity contribution in [3.63, 3.8) is 0 Å². The van der Waals surface area contributed by atoms with E-state index in [0.29, 0.717) is 16.9 Å². The maximum absolute atomic E-state index is 12.8. The van der Waals surface area contributed by atoms with E-state index in [1.165, 1.54) is 10.9 Å². The minimum atomic E-state index is -0.505. The predicted molar refractivity (Wildman–Crippen MR) is 107 cm³/mol. The van der Waals surface area contributed by atoms with E-state index in [0.717, 1.165) is 18.4 Å². The number of benzene rings is 1. The minimum absolute atomic E-state index is 0.00279. The summed E-state index contributed by atoms with van der Waals surface area (Å²) in [6.07, 6.45) is 3.52. The predicted octanol–water partition coefficient (Wildman–Crippen LogP) is 3.41. The molecule has 150 valence electrons. The van der Waals surface area contributed by atoms with Gasteiger partial charge in [0.1, 0.15) is 11.4 Å². The molecule has 0 saturated heterocycles. The molecule has 3 rings (SSSR count). The largest absolute Gasteiger partial charge is 0.462 e. The molecule has 1 aliphatic rings. The lowest BCUT2D eigenvalue weighted by atomic mass is 10.1. The first-order chi connectivity index (χ1) is 13.4. The number of anilines is 1. The summed E-state index contributed by atoms with van der Waals surface area (Å²) in [5.74, 6) is -0.376. The minimum Gasteiger partial charge on any atom is -0.462 e. The molecule has 1 heterocycles. The molecule has 1 aliphatic carbocycles. The molecule has 2 aromatic rings. The number of hydrogen-bond acceptors (Lipinski definition) is 5. The number of halogens is 1. The highest BCUT2D eigenvalue weighted by Gasteiger charge is 2.35. The average Bonchev–Trinajstić information content (AvgIpc) is 3.44. The Labute approximate surface area is 169 Å². The van der Waals surface area contributed by atoms with Crippen LogP contribution in [0.25, 0.3) is 0 Å². The van der Waals surface area contributed by atoms with Gasteiger partial charge in [-0.25, -0.2) is 4.79 Å². The van der Waals surface area contributed by atoms with Crippen molar-refractivity contribution in [2.24, 2.45) is 7.05 Å². The number of carbonyl (C=O) groups excluding carboxylic acids is 2. The van der Waals surface area contributed by atoms with Gasteiger partial charge in [-0.1, -0.05) is 29.8 Å². The lowest BCUT2D eigenvalue weighted by Gasteiger charge is -2.29. The van der Waals surface area contributed by atoms with Gasteiger partial charge >= 0.3 is 5.97 Å². The zero-order chi connectivity index (χ0) is 20.3. The van der Waals surface area contributed by atoms with E-state index < -0.39 is 5.97 Å². The van der Waals surface area contributed by atoms with Crippen LogP contribution in [0, 0.1) is 0 Å². The second-order valence-corrected chi connectivity index (χ2v) is 7.31. The molecule has 7 nitrogen and oxygen atoms in total. The lowest BCUT2D eigenvalue weighted by molar-refractivity contribution is -0.118. The number of aromatic nitrogens is 2. The molecule has 1 N–H and O–H groups in total. The third-order valence-electron chi connectivity index (χ3n) is 4.89. The van der Waals surface area contributed by atoms with Crippen molar-refractivity contribution in [3.8, 4) is 0 Å². The van der Waals surface area contributed by atoms with Crippen molar-refractivity contribution in [1.29, 1.82) is 0 Å². The number of carbonyl (C=O) groups is 2. The van der Waals surface area contributed by atoms with E-state index in [4.69, 9.17) is 16.3 Å². The van der Waals surface area contributed by atoms with Gasteiger partial charge in [0, 0.05) is 24.2 Å². The standard InChI is InChI=1S/C20H25ClN4O3/c1-4-28-20(27)16-11-22-24(3)19(16)23-18(26)12-25(14-9-10-14)13(2)15-7-5-6-8-17(15)21/h5-8,11,13-14H,4,9-10,12H2,1-3H3,(H,23,26). The van der Waals surface area contributed by atoms with Gasteiger partial charge < -0.3 is 10.1 Å². The number of hydrogen-bond donors (Lipinski definition) is 1. The van der Waals surface area contributed by atoms with Crippen LogP contribution in [0.5, 0.6) is 0 Å². The zero-order valence-electron chi connectivity index (χ0n) is 16.3. The van der Waals surface area contributed by atoms with Gasteiger partial charge in [-0.05, 0) is 38.3 Å². The van der Waals surface area contributed by atoms with Gasteiger partial charge in [-0.2, -0.15) is 5.10 Å². The number of rotatable bonds is 8. The molecule has 0 aliphatic heterocycles. The molecule has 0 radical (unpaired) electrons. The molecular formula is C20H25ClN4O3. The summed E-state index contributed by atoms with van der Waals surface area (Å²) in [6.45, 7) is 4.24. The van der Waals surface area contributed by atoms with Gasteiger partial charge in [-0.3, -0.25) is 14.4 Å². The van der Waals surface area contributed by atoms with Crippen molar-refractivity contribution in [1.82, 2.24) is 14.7 Å². The maximum atomic E-state index is 12.8.